The molecule has 1 fully saturated rings. The van der Waals surface area contributed by atoms with Crippen LogP contribution in [0.25, 0.3) is 10.2 Å². The lowest BCUT2D eigenvalue weighted by Gasteiger charge is -2.29. The normalized spacial score (nSPS) is 25.2. The molecule has 2 unspecified atom stereocenters. The molecule has 0 bridgehead atoms. The van der Waals surface area contributed by atoms with Crippen molar-refractivity contribution in [2.45, 2.75) is 37.7 Å². The van der Waals surface area contributed by atoms with E-state index in [0.717, 1.165) is 18.4 Å². The van der Waals surface area contributed by atoms with Crippen LogP contribution in [0.2, 0.25) is 0 Å². The molecule has 1 heterocycles. The van der Waals surface area contributed by atoms with Gasteiger partial charge in [0.2, 0.25) is 0 Å². The number of aromatic nitrogens is 1. The Labute approximate surface area is 106 Å². The van der Waals surface area contributed by atoms with Gasteiger partial charge in [-0.3, -0.25) is 0 Å². The van der Waals surface area contributed by atoms with E-state index in [1.165, 1.54) is 22.5 Å². The second-order valence-electron chi connectivity index (χ2n) is 4.59. The highest BCUT2D eigenvalue weighted by molar-refractivity contribution is 7.18. The van der Waals surface area contributed by atoms with E-state index in [2.05, 4.69) is 18.2 Å². The molecule has 0 spiro atoms. The molecule has 2 atom stereocenters. The molecule has 0 amide bonds. The lowest BCUT2D eigenvalue weighted by Crippen LogP contribution is -2.25. The van der Waals surface area contributed by atoms with Crippen molar-refractivity contribution in [3.05, 3.63) is 29.3 Å². The van der Waals surface area contributed by atoms with Gasteiger partial charge in [0.25, 0.3) is 8.05 Å². The topological polar surface area (TPSA) is 22.1 Å². The lowest BCUT2D eigenvalue weighted by molar-refractivity contribution is 0.143. The highest BCUT2D eigenvalue weighted by Crippen LogP contribution is 2.38. The van der Waals surface area contributed by atoms with Crippen LogP contribution in [0.15, 0.2) is 24.3 Å². The third-order valence-corrected chi connectivity index (χ3v) is 4.67. The summed E-state index contributed by atoms with van der Waals surface area (Å²) in [6.45, 7) is 0. The summed E-state index contributed by atoms with van der Waals surface area (Å²) < 4.78 is 6.37. The number of para-hydroxylation sites is 1. The van der Waals surface area contributed by atoms with Gasteiger partial charge in [-0.2, -0.15) is 0 Å². The van der Waals surface area contributed by atoms with Crippen molar-refractivity contribution in [3.8, 4) is 0 Å². The van der Waals surface area contributed by atoms with Gasteiger partial charge in [0.1, 0.15) is 0 Å². The molecule has 3 rings (SSSR count). The van der Waals surface area contributed by atoms with E-state index in [1.54, 1.807) is 11.3 Å². The summed E-state index contributed by atoms with van der Waals surface area (Å²) in [7, 11) is 5.40. The van der Waals surface area contributed by atoms with Crippen LogP contribution in [0.1, 0.15) is 36.6 Å². The number of benzene rings is 1. The van der Waals surface area contributed by atoms with Crippen LogP contribution in [0.4, 0.5) is 0 Å². The maximum absolute atomic E-state index is 5.40. The van der Waals surface area contributed by atoms with E-state index < -0.39 is 0 Å². The van der Waals surface area contributed by atoms with Gasteiger partial charge in [0.05, 0.1) is 15.2 Å². The van der Waals surface area contributed by atoms with E-state index in [9.17, 15) is 0 Å². The zero-order valence-electron chi connectivity index (χ0n) is 9.63. The first-order valence-corrected chi connectivity index (χ1v) is 6.91. The summed E-state index contributed by atoms with van der Waals surface area (Å²) in [6, 6.07) is 8.28. The Morgan fingerprint density at radius 1 is 1.24 bits per heavy atom. The number of nitrogens with zero attached hydrogens (tertiary/aromatic N) is 1. The number of rotatable bonds is 2. The minimum absolute atomic E-state index is 0.143. The van der Waals surface area contributed by atoms with Crippen LogP contribution in [0, 0.1) is 0 Å². The molecular formula is C13H14BNOS. The molecule has 1 aromatic carbocycles. The molecule has 2 nitrogen and oxygen atoms in total. The van der Waals surface area contributed by atoms with Gasteiger partial charge in [-0.05, 0) is 25.0 Å². The minimum Gasteiger partial charge on any atom is -0.444 e. The Kier molecular flexibility index (Phi) is 3.16. The summed E-state index contributed by atoms with van der Waals surface area (Å²) in [6.07, 6.45) is 4.80. The fraction of sp³-hybridized carbons (Fsp3) is 0.462. The smallest absolute Gasteiger partial charge is 0.283 e. The standard InChI is InChI=1S/C13H14BNOS/c14-16-11-7-3-1-5-9(11)13-15-10-6-2-4-8-12(10)17-13/h2,4,6,8-9,11H,1,3,5,7H2. The van der Waals surface area contributed by atoms with E-state index in [-0.39, 0.29) is 6.10 Å². The van der Waals surface area contributed by atoms with Crippen LogP contribution < -0.4 is 0 Å². The summed E-state index contributed by atoms with van der Waals surface area (Å²) in [5.41, 5.74) is 1.09. The van der Waals surface area contributed by atoms with E-state index in [1.807, 2.05) is 6.07 Å². The van der Waals surface area contributed by atoms with Crippen molar-refractivity contribution in [2.24, 2.45) is 0 Å². The third-order valence-electron chi connectivity index (χ3n) is 3.50. The molecule has 1 aliphatic rings. The molecule has 0 aliphatic heterocycles. The quantitative estimate of drug-likeness (QED) is 0.754. The zero-order valence-corrected chi connectivity index (χ0v) is 10.5. The van der Waals surface area contributed by atoms with E-state index in [0.29, 0.717) is 5.92 Å². The maximum Gasteiger partial charge on any atom is 0.283 e. The SMILES string of the molecule is [B]OC1CCCCC1c1nc2ccccc2s1. The van der Waals surface area contributed by atoms with Crippen LogP contribution in [-0.2, 0) is 4.65 Å². The number of hydrogen-bond acceptors (Lipinski definition) is 3. The van der Waals surface area contributed by atoms with Gasteiger partial charge in [-0.15, -0.1) is 11.3 Å². The molecule has 86 valence electrons. The molecule has 0 N–H and O–H groups in total. The highest BCUT2D eigenvalue weighted by Gasteiger charge is 2.28. The second kappa shape index (κ2) is 4.79. The predicted molar refractivity (Wildman–Crippen MR) is 71.5 cm³/mol. The highest BCUT2D eigenvalue weighted by atomic mass is 32.1. The van der Waals surface area contributed by atoms with Crippen molar-refractivity contribution < 1.29 is 4.65 Å². The predicted octanol–water partition coefficient (Wildman–Crippen LogP) is 3.42. The summed E-state index contributed by atoms with van der Waals surface area (Å²) in [5.74, 6) is 0.381. The molecular weight excluding hydrogens is 229 g/mol. The molecule has 2 aromatic rings. The number of thiazole rings is 1. The van der Waals surface area contributed by atoms with Gasteiger partial charge in [-0.25, -0.2) is 4.98 Å². The average Bonchev–Trinajstić information content (AvgIpc) is 2.82. The molecule has 1 saturated carbocycles. The zero-order chi connectivity index (χ0) is 11.7. The average molecular weight is 243 g/mol. The first-order valence-electron chi connectivity index (χ1n) is 6.09. The van der Waals surface area contributed by atoms with Crippen LogP contribution in [0.3, 0.4) is 0 Å². The lowest BCUT2D eigenvalue weighted by atomic mass is 9.86. The number of hydrogen-bond donors (Lipinski definition) is 0. The maximum atomic E-state index is 5.40. The van der Waals surface area contributed by atoms with Crippen molar-refractivity contribution in [2.75, 3.05) is 0 Å². The Hall–Kier alpha value is -0.865. The summed E-state index contributed by atoms with van der Waals surface area (Å²) in [5, 5.41) is 1.18. The number of fused-ring (bicyclic) bond motifs is 1. The van der Waals surface area contributed by atoms with Gasteiger partial charge in [0, 0.05) is 12.0 Å². The monoisotopic (exact) mass is 243 g/mol. The largest absolute Gasteiger partial charge is 0.444 e. The fourth-order valence-electron chi connectivity index (χ4n) is 2.59. The molecule has 1 aliphatic carbocycles. The molecule has 17 heavy (non-hydrogen) atoms. The van der Waals surface area contributed by atoms with Crippen LogP contribution in [0.5, 0.6) is 0 Å². The van der Waals surface area contributed by atoms with Gasteiger partial charge < -0.3 is 4.65 Å². The van der Waals surface area contributed by atoms with Gasteiger partial charge in [-0.1, -0.05) is 25.0 Å². The van der Waals surface area contributed by atoms with Crippen molar-refractivity contribution >= 4 is 29.6 Å². The Balaban J connectivity index is 1.96. The fourth-order valence-corrected chi connectivity index (χ4v) is 3.75. The summed E-state index contributed by atoms with van der Waals surface area (Å²) >= 11 is 1.78. The Morgan fingerprint density at radius 3 is 2.88 bits per heavy atom. The summed E-state index contributed by atoms with van der Waals surface area (Å²) in [4.78, 5) is 4.72. The van der Waals surface area contributed by atoms with Crippen LogP contribution >= 0.6 is 11.3 Å². The molecule has 2 radical (unpaired) electrons. The van der Waals surface area contributed by atoms with Crippen molar-refractivity contribution in [1.29, 1.82) is 0 Å². The first-order chi connectivity index (χ1) is 8.38. The van der Waals surface area contributed by atoms with Crippen LogP contribution in [-0.4, -0.2) is 19.1 Å². The van der Waals surface area contributed by atoms with Crippen molar-refractivity contribution in [3.63, 3.8) is 0 Å². The van der Waals surface area contributed by atoms with E-state index >= 15 is 0 Å². The van der Waals surface area contributed by atoms with Gasteiger partial charge in [0.15, 0.2) is 0 Å². The third kappa shape index (κ3) is 2.12. The second-order valence-corrected chi connectivity index (χ2v) is 5.65. The minimum atomic E-state index is 0.143. The van der Waals surface area contributed by atoms with E-state index in [4.69, 9.17) is 17.7 Å². The molecule has 0 saturated heterocycles. The molecule has 4 heteroatoms. The van der Waals surface area contributed by atoms with Crippen molar-refractivity contribution in [1.82, 2.24) is 4.98 Å². The Morgan fingerprint density at radius 2 is 2.06 bits per heavy atom. The first kappa shape index (κ1) is 11.2. The Bertz CT molecular complexity index is 480. The molecule has 1 aromatic heterocycles. The van der Waals surface area contributed by atoms with Gasteiger partial charge >= 0.3 is 0 Å².